The summed E-state index contributed by atoms with van der Waals surface area (Å²) in [6.07, 6.45) is 0. The van der Waals surface area contributed by atoms with E-state index in [1.54, 1.807) is 55.5 Å². The molecule has 0 spiro atoms. The fourth-order valence-corrected chi connectivity index (χ4v) is 2.88. The van der Waals surface area contributed by atoms with E-state index in [4.69, 9.17) is 11.6 Å². The number of nitro groups is 1. The number of aromatic nitrogens is 1. The minimum Gasteiger partial charge on any atom is -0.348 e. The van der Waals surface area contributed by atoms with E-state index in [0.29, 0.717) is 28.2 Å². The standard InChI is InChI=1S/C17H14ClN3O3/c1-2-20-14-10-6-3-7-11(14)15(16(17(20)22)21(23)24)19-13-9-5-4-8-12(13)18/h3-10,19H,2H2,1H3. The summed E-state index contributed by atoms with van der Waals surface area (Å²) >= 11 is 6.14. The summed E-state index contributed by atoms with van der Waals surface area (Å²) in [5.74, 6) is 0. The van der Waals surface area contributed by atoms with Crippen LogP contribution in [-0.4, -0.2) is 9.49 Å². The van der Waals surface area contributed by atoms with Crippen molar-refractivity contribution in [3.63, 3.8) is 0 Å². The molecule has 3 aromatic rings. The maximum absolute atomic E-state index is 12.6. The fraction of sp³-hybridized carbons (Fsp3) is 0.118. The van der Waals surface area contributed by atoms with Crippen LogP contribution in [-0.2, 0) is 6.54 Å². The van der Waals surface area contributed by atoms with Gasteiger partial charge >= 0.3 is 11.2 Å². The van der Waals surface area contributed by atoms with Crippen molar-refractivity contribution >= 4 is 39.6 Å². The third-order valence-electron chi connectivity index (χ3n) is 3.78. The third-order valence-corrected chi connectivity index (χ3v) is 4.11. The van der Waals surface area contributed by atoms with E-state index < -0.39 is 16.2 Å². The lowest BCUT2D eigenvalue weighted by Gasteiger charge is -2.14. The Bertz CT molecular complexity index is 998. The number of para-hydroxylation sites is 2. The average molecular weight is 344 g/mol. The van der Waals surface area contributed by atoms with Gasteiger partial charge in [0.25, 0.3) is 0 Å². The summed E-state index contributed by atoms with van der Waals surface area (Å²) in [5.41, 5.74) is 0.149. The number of anilines is 2. The van der Waals surface area contributed by atoms with Gasteiger partial charge in [0.05, 0.1) is 21.2 Å². The maximum Gasteiger partial charge on any atom is 0.357 e. The summed E-state index contributed by atoms with van der Waals surface area (Å²) in [5, 5.41) is 15.5. The van der Waals surface area contributed by atoms with Crippen LogP contribution in [0, 0.1) is 10.1 Å². The van der Waals surface area contributed by atoms with Gasteiger partial charge in [-0.1, -0.05) is 41.9 Å². The van der Waals surface area contributed by atoms with Crippen molar-refractivity contribution < 1.29 is 4.92 Å². The molecule has 1 N–H and O–H groups in total. The maximum atomic E-state index is 12.6. The van der Waals surface area contributed by atoms with Crippen LogP contribution in [0.15, 0.2) is 53.3 Å². The number of halogens is 1. The topological polar surface area (TPSA) is 77.2 Å². The van der Waals surface area contributed by atoms with E-state index in [-0.39, 0.29) is 5.69 Å². The molecule has 1 heterocycles. The van der Waals surface area contributed by atoms with Crippen LogP contribution in [0.5, 0.6) is 0 Å². The first-order valence-electron chi connectivity index (χ1n) is 7.36. The van der Waals surface area contributed by atoms with E-state index in [2.05, 4.69) is 5.32 Å². The van der Waals surface area contributed by atoms with Gasteiger partial charge in [-0.3, -0.25) is 14.9 Å². The summed E-state index contributed by atoms with van der Waals surface area (Å²) in [4.78, 5) is 23.5. The minimum atomic E-state index is -0.653. The molecule has 6 nitrogen and oxygen atoms in total. The van der Waals surface area contributed by atoms with Crippen LogP contribution in [0.1, 0.15) is 6.92 Å². The first kappa shape index (κ1) is 16.0. The van der Waals surface area contributed by atoms with Crippen LogP contribution in [0.25, 0.3) is 10.9 Å². The van der Waals surface area contributed by atoms with Gasteiger partial charge in [-0.15, -0.1) is 0 Å². The van der Waals surface area contributed by atoms with Gasteiger partial charge < -0.3 is 9.88 Å². The second kappa shape index (κ2) is 6.33. The average Bonchev–Trinajstić information content (AvgIpc) is 2.57. The molecule has 0 atom stereocenters. The number of fused-ring (bicyclic) bond motifs is 1. The van der Waals surface area contributed by atoms with Gasteiger partial charge in [0.2, 0.25) is 0 Å². The minimum absolute atomic E-state index is 0.151. The second-order valence-corrected chi connectivity index (χ2v) is 5.56. The third kappa shape index (κ3) is 2.61. The highest BCUT2D eigenvalue weighted by Crippen LogP contribution is 2.34. The molecule has 122 valence electrons. The number of nitrogens with one attached hydrogen (secondary N) is 1. The van der Waals surface area contributed by atoms with E-state index in [1.807, 2.05) is 0 Å². The number of hydrogen-bond acceptors (Lipinski definition) is 4. The Balaban J connectivity index is 2.37. The van der Waals surface area contributed by atoms with Gasteiger partial charge in [0.1, 0.15) is 5.69 Å². The van der Waals surface area contributed by atoms with Crippen molar-refractivity contribution in [2.24, 2.45) is 0 Å². The SMILES string of the molecule is CCn1c(=O)c([N+](=O)[O-])c(Nc2ccccc2Cl)c2ccccc21. The Morgan fingerprint density at radius 2 is 1.83 bits per heavy atom. The van der Waals surface area contributed by atoms with Gasteiger partial charge in [-0.2, -0.15) is 0 Å². The number of rotatable bonds is 4. The zero-order valence-corrected chi connectivity index (χ0v) is 13.6. The Morgan fingerprint density at radius 3 is 2.50 bits per heavy atom. The number of hydrogen-bond donors (Lipinski definition) is 1. The van der Waals surface area contributed by atoms with Gasteiger partial charge in [0.15, 0.2) is 0 Å². The molecule has 0 saturated carbocycles. The second-order valence-electron chi connectivity index (χ2n) is 5.15. The van der Waals surface area contributed by atoms with Crippen LogP contribution in [0.2, 0.25) is 5.02 Å². The Kier molecular flexibility index (Phi) is 4.22. The van der Waals surface area contributed by atoms with Gasteiger partial charge in [0, 0.05) is 11.9 Å². The molecule has 0 aliphatic heterocycles. The van der Waals surface area contributed by atoms with Crippen molar-refractivity contribution in [2.75, 3.05) is 5.32 Å². The number of nitrogens with zero attached hydrogens (tertiary/aromatic N) is 2. The molecular weight excluding hydrogens is 330 g/mol. The highest BCUT2D eigenvalue weighted by atomic mass is 35.5. The van der Waals surface area contributed by atoms with Crippen molar-refractivity contribution in [1.29, 1.82) is 0 Å². The van der Waals surface area contributed by atoms with Crippen molar-refractivity contribution in [3.05, 3.63) is 74.0 Å². The lowest BCUT2D eigenvalue weighted by atomic mass is 10.1. The van der Waals surface area contributed by atoms with E-state index >= 15 is 0 Å². The summed E-state index contributed by atoms with van der Waals surface area (Å²) in [6, 6.07) is 14.0. The van der Waals surface area contributed by atoms with Crippen molar-refractivity contribution in [3.8, 4) is 0 Å². The monoisotopic (exact) mass is 343 g/mol. The predicted molar refractivity (Wildman–Crippen MR) is 95.3 cm³/mol. The Morgan fingerprint density at radius 1 is 1.17 bits per heavy atom. The summed E-state index contributed by atoms with van der Waals surface area (Å²) in [6.45, 7) is 2.12. The molecule has 1 aromatic heterocycles. The fourth-order valence-electron chi connectivity index (χ4n) is 2.70. The Labute approximate surface area is 142 Å². The molecular formula is C17H14ClN3O3. The molecule has 0 bridgehead atoms. The lowest BCUT2D eigenvalue weighted by molar-refractivity contribution is -0.385. The smallest absolute Gasteiger partial charge is 0.348 e. The molecule has 24 heavy (non-hydrogen) atoms. The molecule has 0 aliphatic rings. The van der Waals surface area contributed by atoms with E-state index in [0.717, 1.165) is 0 Å². The molecule has 0 amide bonds. The summed E-state index contributed by atoms with van der Waals surface area (Å²) < 4.78 is 1.39. The molecule has 0 fully saturated rings. The van der Waals surface area contributed by atoms with Gasteiger partial charge in [-0.05, 0) is 25.1 Å². The molecule has 0 saturated heterocycles. The zero-order valence-electron chi connectivity index (χ0n) is 12.8. The molecule has 0 aliphatic carbocycles. The molecule has 3 rings (SSSR count). The van der Waals surface area contributed by atoms with Crippen molar-refractivity contribution in [2.45, 2.75) is 13.5 Å². The van der Waals surface area contributed by atoms with E-state index in [9.17, 15) is 14.9 Å². The van der Waals surface area contributed by atoms with Crippen LogP contribution < -0.4 is 10.9 Å². The first-order chi connectivity index (χ1) is 11.5. The predicted octanol–water partition coefficient (Wildman–Crippen LogP) is 4.33. The zero-order chi connectivity index (χ0) is 17.3. The van der Waals surface area contributed by atoms with Crippen LogP contribution in [0.3, 0.4) is 0 Å². The van der Waals surface area contributed by atoms with Crippen molar-refractivity contribution in [1.82, 2.24) is 4.57 Å². The lowest BCUT2D eigenvalue weighted by Crippen LogP contribution is -2.23. The molecule has 0 radical (unpaired) electrons. The highest BCUT2D eigenvalue weighted by Gasteiger charge is 2.25. The molecule has 2 aromatic carbocycles. The molecule has 7 heteroatoms. The quantitative estimate of drug-likeness (QED) is 0.565. The number of pyridine rings is 1. The van der Waals surface area contributed by atoms with Crippen LogP contribution >= 0.6 is 11.6 Å². The largest absolute Gasteiger partial charge is 0.357 e. The normalized spacial score (nSPS) is 10.8. The highest BCUT2D eigenvalue weighted by molar-refractivity contribution is 6.33. The first-order valence-corrected chi connectivity index (χ1v) is 7.74. The Hall–Kier alpha value is -2.86. The number of benzene rings is 2. The number of aryl methyl sites for hydroxylation is 1. The van der Waals surface area contributed by atoms with Crippen LogP contribution in [0.4, 0.5) is 17.1 Å². The van der Waals surface area contributed by atoms with Gasteiger partial charge in [-0.25, -0.2) is 0 Å². The summed E-state index contributed by atoms with van der Waals surface area (Å²) in [7, 11) is 0. The molecule has 0 unspecified atom stereocenters. The van der Waals surface area contributed by atoms with E-state index in [1.165, 1.54) is 4.57 Å².